The molecule has 1 N–H and O–H groups in total. The van der Waals surface area contributed by atoms with Crippen LogP contribution in [0.2, 0.25) is 0 Å². The van der Waals surface area contributed by atoms with E-state index in [1.54, 1.807) is 49.7 Å². The molecule has 0 bridgehead atoms. The van der Waals surface area contributed by atoms with Crippen LogP contribution in [0.15, 0.2) is 60.9 Å². The number of rotatable bonds is 7. The first-order valence-electron chi connectivity index (χ1n) is 8.84. The molecular weight excluding hydrogens is 377 g/mol. The summed E-state index contributed by atoms with van der Waals surface area (Å²) in [5, 5.41) is 2.99. The maximum atomic E-state index is 14.3. The normalized spacial score (nSPS) is 12.0. The van der Waals surface area contributed by atoms with Gasteiger partial charge in [-0.05, 0) is 49.4 Å². The average molecular weight is 399 g/mol. The van der Waals surface area contributed by atoms with Gasteiger partial charge in [-0.25, -0.2) is 16.8 Å². The summed E-state index contributed by atoms with van der Waals surface area (Å²) in [4.78, 5) is 4.19. The van der Waals surface area contributed by atoms with Crippen molar-refractivity contribution in [3.05, 3.63) is 83.6 Å². The van der Waals surface area contributed by atoms with E-state index in [1.165, 1.54) is 12.3 Å². The van der Waals surface area contributed by atoms with Gasteiger partial charge in [0.1, 0.15) is 5.82 Å². The molecule has 146 valence electrons. The van der Waals surface area contributed by atoms with Crippen molar-refractivity contribution in [2.75, 3.05) is 12.8 Å². The minimum atomic E-state index is -3.72. The second-order valence-electron chi connectivity index (χ2n) is 6.45. The fourth-order valence-corrected chi connectivity index (χ4v) is 4.10. The molecule has 0 saturated carbocycles. The van der Waals surface area contributed by atoms with Crippen molar-refractivity contribution in [1.82, 2.24) is 14.3 Å². The molecule has 1 aromatic carbocycles. The van der Waals surface area contributed by atoms with E-state index in [-0.39, 0.29) is 11.3 Å². The molecule has 0 aliphatic rings. The average Bonchev–Trinajstić information content (AvgIpc) is 3.09. The minimum absolute atomic E-state index is 0.212. The Kier molecular flexibility index (Phi) is 6.06. The van der Waals surface area contributed by atoms with Crippen LogP contribution in [0.4, 0.5) is 4.39 Å². The van der Waals surface area contributed by atoms with Crippen LogP contribution in [0.5, 0.6) is 0 Å². The molecule has 2 heterocycles. The summed E-state index contributed by atoms with van der Waals surface area (Å²) in [6.07, 6.45) is 6.51. The van der Waals surface area contributed by atoms with Crippen LogP contribution in [-0.2, 0) is 16.6 Å². The van der Waals surface area contributed by atoms with Crippen LogP contribution in [0, 0.1) is 12.7 Å². The number of aryl methyl sites for hydroxylation is 1. The van der Waals surface area contributed by atoms with Gasteiger partial charge in [-0.3, -0.25) is 4.98 Å². The molecule has 0 fully saturated rings. The fraction of sp³-hybridized carbons (Fsp3) is 0.190. The number of hydrogen-bond acceptors (Lipinski definition) is 4. The number of nitrogens with one attached hydrogen (secondary N) is 1. The molecule has 0 atom stereocenters. The molecule has 0 aliphatic heterocycles. The molecule has 3 aromatic rings. The van der Waals surface area contributed by atoms with Crippen LogP contribution in [-0.4, -0.2) is 30.2 Å². The van der Waals surface area contributed by atoms with Crippen LogP contribution in [0.25, 0.3) is 17.3 Å². The van der Waals surface area contributed by atoms with Gasteiger partial charge in [0.25, 0.3) is 0 Å². The van der Waals surface area contributed by atoms with Crippen molar-refractivity contribution in [2.45, 2.75) is 13.5 Å². The highest BCUT2D eigenvalue weighted by molar-refractivity contribution is 7.90. The number of halogens is 1. The Labute approximate surface area is 164 Å². The Balaban J connectivity index is 1.94. The molecule has 28 heavy (non-hydrogen) atoms. The second kappa shape index (κ2) is 8.50. The van der Waals surface area contributed by atoms with Gasteiger partial charge < -0.3 is 5.32 Å². The number of hydrogen-bond donors (Lipinski definition) is 1. The quantitative estimate of drug-likeness (QED) is 0.659. The van der Waals surface area contributed by atoms with Crippen molar-refractivity contribution >= 4 is 16.1 Å². The summed E-state index contributed by atoms with van der Waals surface area (Å²) in [6.45, 7) is 2.37. The van der Waals surface area contributed by atoms with Crippen molar-refractivity contribution in [3.8, 4) is 11.3 Å². The molecule has 7 heteroatoms. The minimum Gasteiger partial charge on any atom is -0.316 e. The topological polar surface area (TPSA) is 64.0 Å². The fourth-order valence-electron chi connectivity index (χ4n) is 2.86. The van der Waals surface area contributed by atoms with Crippen LogP contribution >= 0.6 is 0 Å². The van der Waals surface area contributed by atoms with E-state index >= 15 is 0 Å². The number of nitrogens with zero attached hydrogens (tertiary/aromatic N) is 2. The molecule has 0 aliphatic carbocycles. The highest BCUT2D eigenvalue weighted by Crippen LogP contribution is 2.27. The summed E-state index contributed by atoms with van der Waals surface area (Å²) >= 11 is 0. The lowest BCUT2D eigenvalue weighted by atomic mass is 10.1. The van der Waals surface area contributed by atoms with Crippen LogP contribution in [0.1, 0.15) is 16.8 Å². The lowest BCUT2D eigenvalue weighted by molar-refractivity contribution is 0.590. The SMILES string of the molecule is CNCc1cc(-c2ccccc2F)n(S(=O)(=O)CC=Cc2ccc(C)nc2)c1. The third-order valence-electron chi connectivity index (χ3n) is 4.22. The van der Waals surface area contributed by atoms with Crippen molar-refractivity contribution in [2.24, 2.45) is 0 Å². The standard InChI is InChI=1S/C21H22FN3O2S/c1-16-9-10-17(14-24-16)6-5-11-28(26,27)25-15-18(13-23-2)12-21(25)19-7-3-4-8-20(19)22/h3-10,12,14-15,23H,11,13H2,1-2H3. The van der Waals surface area contributed by atoms with Gasteiger partial charge in [-0.2, -0.15) is 0 Å². The Morgan fingerprint density at radius 2 is 2.00 bits per heavy atom. The van der Waals surface area contributed by atoms with Crippen LogP contribution in [0.3, 0.4) is 0 Å². The van der Waals surface area contributed by atoms with Gasteiger partial charge in [0.2, 0.25) is 10.0 Å². The van der Waals surface area contributed by atoms with Crippen LogP contribution < -0.4 is 5.32 Å². The first-order chi connectivity index (χ1) is 13.4. The Morgan fingerprint density at radius 3 is 2.68 bits per heavy atom. The summed E-state index contributed by atoms with van der Waals surface area (Å²) in [5.74, 6) is -0.676. The second-order valence-corrected chi connectivity index (χ2v) is 8.34. The first kappa shape index (κ1) is 20.0. The summed E-state index contributed by atoms with van der Waals surface area (Å²) in [6, 6.07) is 11.6. The highest BCUT2D eigenvalue weighted by atomic mass is 32.2. The Hall–Kier alpha value is -2.77. The van der Waals surface area contributed by atoms with E-state index < -0.39 is 15.8 Å². The van der Waals surface area contributed by atoms with Crippen molar-refractivity contribution in [3.63, 3.8) is 0 Å². The third kappa shape index (κ3) is 4.55. The summed E-state index contributed by atoms with van der Waals surface area (Å²) in [5.41, 5.74) is 3.03. The lowest BCUT2D eigenvalue weighted by Gasteiger charge is -2.09. The molecule has 3 rings (SSSR count). The Morgan fingerprint density at radius 1 is 1.21 bits per heavy atom. The van der Waals surface area contributed by atoms with E-state index in [9.17, 15) is 12.8 Å². The van der Waals surface area contributed by atoms with Crippen molar-refractivity contribution in [1.29, 1.82) is 0 Å². The van der Waals surface area contributed by atoms with E-state index in [1.807, 2.05) is 19.1 Å². The third-order valence-corrected chi connectivity index (χ3v) is 5.74. The van der Waals surface area contributed by atoms with Gasteiger partial charge in [0, 0.05) is 30.2 Å². The largest absolute Gasteiger partial charge is 0.316 e. The number of pyridine rings is 1. The molecular formula is C21H22FN3O2S. The van der Waals surface area contributed by atoms with E-state index in [0.717, 1.165) is 20.8 Å². The lowest BCUT2D eigenvalue weighted by Crippen LogP contribution is -2.16. The molecule has 2 aromatic heterocycles. The summed E-state index contributed by atoms with van der Waals surface area (Å²) in [7, 11) is -1.95. The van der Waals surface area contributed by atoms with E-state index in [0.29, 0.717) is 12.2 Å². The predicted molar refractivity (Wildman–Crippen MR) is 110 cm³/mol. The predicted octanol–water partition coefficient (Wildman–Crippen LogP) is 3.61. The van der Waals surface area contributed by atoms with Gasteiger partial charge >= 0.3 is 0 Å². The molecule has 5 nitrogen and oxygen atoms in total. The Bertz CT molecular complexity index is 1090. The monoisotopic (exact) mass is 399 g/mol. The smallest absolute Gasteiger partial charge is 0.242 e. The van der Waals surface area contributed by atoms with Gasteiger partial charge in [0.05, 0.1) is 11.4 Å². The zero-order valence-electron chi connectivity index (χ0n) is 15.8. The molecule has 0 radical (unpaired) electrons. The molecule has 0 unspecified atom stereocenters. The molecule has 0 spiro atoms. The maximum absolute atomic E-state index is 14.3. The van der Waals surface area contributed by atoms with E-state index in [4.69, 9.17) is 0 Å². The zero-order valence-corrected chi connectivity index (χ0v) is 16.6. The van der Waals surface area contributed by atoms with Gasteiger partial charge in [-0.15, -0.1) is 0 Å². The molecule has 0 amide bonds. The van der Waals surface area contributed by atoms with Gasteiger partial charge in [0.15, 0.2) is 0 Å². The number of aromatic nitrogens is 2. The van der Waals surface area contributed by atoms with Crippen molar-refractivity contribution < 1.29 is 12.8 Å². The molecule has 0 saturated heterocycles. The highest BCUT2D eigenvalue weighted by Gasteiger charge is 2.20. The maximum Gasteiger partial charge on any atom is 0.242 e. The van der Waals surface area contributed by atoms with E-state index in [2.05, 4.69) is 10.3 Å². The zero-order chi connectivity index (χ0) is 20.1. The summed E-state index contributed by atoms with van der Waals surface area (Å²) < 4.78 is 41.4. The first-order valence-corrected chi connectivity index (χ1v) is 10.4. The van der Waals surface area contributed by atoms with Gasteiger partial charge in [-0.1, -0.05) is 30.4 Å². The number of benzene rings is 1.